The van der Waals surface area contributed by atoms with Crippen molar-refractivity contribution in [1.82, 2.24) is 14.8 Å². The Balaban J connectivity index is 1.33. The maximum Gasteiger partial charge on any atom is 0.392 e. The quantitative estimate of drug-likeness (QED) is 0.396. The zero-order chi connectivity index (χ0) is 30.8. The first-order valence-corrected chi connectivity index (χ1v) is 14.5. The van der Waals surface area contributed by atoms with E-state index in [1.165, 1.54) is 28.0 Å². The largest absolute Gasteiger partial charge is 0.491 e. The highest BCUT2D eigenvalue weighted by molar-refractivity contribution is 6.32. The number of nitrogens with zero attached hydrogens (tertiary/aromatic N) is 4. The van der Waals surface area contributed by atoms with Gasteiger partial charge in [0.15, 0.2) is 5.60 Å². The fourth-order valence-electron chi connectivity index (χ4n) is 5.71. The van der Waals surface area contributed by atoms with Gasteiger partial charge in [-0.05, 0) is 74.8 Å². The predicted molar refractivity (Wildman–Crippen MR) is 154 cm³/mol. The summed E-state index contributed by atoms with van der Waals surface area (Å²) < 4.78 is 46.2. The number of carbonyl (C=O) groups excluding carboxylic acids is 2. The van der Waals surface area contributed by atoms with Crippen LogP contribution in [0.4, 0.5) is 19.0 Å². The number of benzene rings is 1. The van der Waals surface area contributed by atoms with Crippen LogP contribution >= 0.6 is 11.6 Å². The molecule has 0 radical (unpaired) electrons. The summed E-state index contributed by atoms with van der Waals surface area (Å²) in [6.45, 7) is 5.68. The summed E-state index contributed by atoms with van der Waals surface area (Å²) >= 11 is 6.28. The minimum atomic E-state index is -4.75. The summed E-state index contributed by atoms with van der Waals surface area (Å²) in [6.07, 6.45) is -4.02. The Morgan fingerprint density at radius 1 is 1.12 bits per heavy atom. The number of hydrogen-bond donors (Lipinski definition) is 1. The number of likely N-dealkylation sites (tertiary alicyclic amines) is 1. The minimum Gasteiger partial charge on any atom is -0.491 e. The van der Waals surface area contributed by atoms with Crippen LogP contribution in [-0.2, 0) is 10.4 Å². The number of ether oxygens (including phenoxy) is 1. The summed E-state index contributed by atoms with van der Waals surface area (Å²) in [5, 5.41) is 11.4. The topological polar surface area (TPSA) is 86.2 Å². The number of anilines is 1. The average Bonchev–Trinajstić information content (AvgIpc) is 2.88. The summed E-state index contributed by atoms with van der Waals surface area (Å²) in [4.78, 5) is 34.9. The van der Waals surface area contributed by atoms with Gasteiger partial charge in [0.25, 0.3) is 11.8 Å². The van der Waals surface area contributed by atoms with Gasteiger partial charge >= 0.3 is 6.18 Å². The lowest BCUT2D eigenvalue weighted by atomic mass is 9.81. The number of aromatic nitrogens is 1. The molecule has 1 atom stereocenters. The number of halogens is 4. The third kappa shape index (κ3) is 7.47. The molecule has 3 heterocycles. The van der Waals surface area contributed by atoms with Gasteiger partial charge in [-0.2, -0.15) is 13.2 Å². The van der Waals surface area contributed by atoms with E-state index < -0.39 is 24.1 Å². The first-order chi connectivity index (χ1) is 19.7. The van der Waals surface area contributed by atoms with Crippen LogP contribution in [0, 0.1) is 11.8 Å². The SMILES string of the molecule is CC(C)Oc1cccc([C@](O)(CC(F)(F)F)C(=O)N2CC(CC3CCN(c4ccc(C(=O)N(C)C)c(Cl)n4)CC3)C2)c1. The van der Waals surface area contributed by atoms with E-state index in [0.717, 1.165) is 32.4 Å². The van der Waals surface area contributed by atoms with Gasteiger partial charge in [-0.1, -0.05) is 23.7 Å². The van der Waals surface area contributed by atoms with Gasteiger partial charge in [0.1, 0.15) is 16.7 Å². The van der Waals surface area contributed by atoms with E-state index in [-0.39, 0.29) is 28.6 Å². The second kappa shape index (κ2) is 12.7. The van der Waals surface area contributed by atoms with E-state index >= 15 is 0 Å². The summed E-state index contributed by atoms with van der Waals surface area (Å²) in [5.41, 5.74) is -2.51. The number of rotatable bonds is 9. The molecule has 0 aliphatic carbocycles. The molecule has 1 aromatic heterocycles. The first-order valence-electron chi connectivity index (χ1n) is 14.1. The van der Waals surface area contributed by atoms with Gasteiger partial charge in [0.05, 0.1) is 18.1 Å². The Kier molecular flexibility index (Phi) is 9.62. The molecule has 0 saturated carbocycles. The molecular weight excluding hydrogens is 573 g/mol. The molecule has 2 aliphatic rings. The zero-order valence-electron chi connectivity index (χ0n) is 24.3. The Morgan fingerprint density at radius 2 is 1.79 bits per heavy atom. The van der Waals surface area contributed by atoms with Crippen LogP contribution < -0.4 is 9.64 Å². The minimum absolute atomic E-state index is 0.133. The molecule has 4 rings (SSSR count). The number of piperidine rings is 1. The van der Waals surface area contributed by atoms with Crippen LogP contribution in [0.15, 0.2) is 36.4 Å². The molecule has 2 amide bonds. The standard InChI is InChI=1S/C30H38ClF3N4O4/c1-19(2)42-23-7-5-6-22(15-23)29(41,18-30(32,33)34)28(40)38-16-21(17-38)14-20-10-12-37(13-11-20)25-9-8-24(26(31)35-25)27(39)36(3)4/h5-9,15,19-21,41H,10-14,16-18H2,1-4H3/t29-/m1/s1. The van der Waals surface area contributed by atoms with Crippen molar-refractivity contribution in [2.24, 2.45) is 11.8 Å². The van der Waals surface area contributed by atoms with Crippen LogP contribution in [0.25, 0.3) is 0 Å². The third-order valence-electron chi connectivity index (χ3n) is 7.81. The van der Waals surface area contributed by atoms with Gasteiger partial charge in [0.2, 0.25) is 0 Å². The number of carbonyl (C=O) groups is 2. The molecular formula is C30H38ClF3N4O4. The zero-order valence-corrected chi connectivity index (χ0v) is 25.1. The van der Waals surface area contributed by atoms with E-state index in [1.54, 1.807) is 46.1 Å². The average molecular weight is 611 g/mol. The van der Waals surface area contributed by atoms with Crippen LogP contribution in [0.3, 0.4) is 0 Å². The molecule has 2 aliphatic heterocycles. The van der Waals surface area contributed by atoms with Gasteiger partial charge in [0, 0.05) is 40.3 Å². The molecule has 1 N–H and O–H groups in total. The van der Waals surface area contributed by atoms with E-state index in [9.17, 15) is 27.9 Å². The molecule has 0 bridgehead atoms. The second-order valence-electron chi connectivity index (χ2n) is 11.8. The molecule has 0 unspecified atom stereocenters. The molecule has 42 heavy (non-hydrogen) atoms. The molecule has 12 heteroatoms. The fraction of sp³-hybridized carbons (Fsp3) is 0.567. The second-order valence-corrected chi connectivity index (χ2v) is 12.2. The van der Waals surface area contributed by atoms with Gasteiger partial charge in [-0.15, -0.1) is 0 Å². The smallest absolute Gasteiger partial charge is 0.392 e. The molecule has 8 nitrogen and oxygen atoms in total. The number of alkyl halides is 3. The van der Waals surface area contributed by atoms with Crippen LogP contribution in [0.1, 0.15) is 55.5 Å². The van der Waals surface area contributed by atoms with Crippen LogP contribution in [0.5, 0.6) is 5.75 Å². The van der Waals surface area contributed by atoms with Crippen molar-refractivity contribution < 1.29 is 32.6 Å². The van der Waals surface area contributed by atoms with E-state index in [2.05, 4.69) is 9.88 Å². The number of aliphatic hydroxyl groups is 1. The van der Waals surface area contributed by atoms with Crippen LogP contribution in [0.2, 0.25) is 5.15 Å². The summed E-state index contributed by atoms with van der Waals surface area (Å²) in [7, 11) is 3.30. The Bertz CT molecular complexity index is 1280. The van der Waals surface area contributed by atoms with Crippen molar-refractivity contribution in [3.8, 4) is 5.75 Å². The first kappa shape index (κ1) is 31.9. The normalized spacial score (nSPS) is 18.0. The third-order valence-corrected chi connectivity index (χ3v) is 8.10. The Hall–Kier alpha value is -3.05. The maximum atomic E-state index is 13.5. The number of amides is 2. The van der Waals surface area contributed by atoms with Gasteiger partial charge < -0.3 is 24.5 Å². The highest BCUT2D eigenvalue weighted by atomic mass is 35.5. The molecule has 1 aromatic carbocycles. The molecule has 2 saturated heterocycles. The summed E-state index contributed by atoms with van der Waals surface area (Å²) in [6, 6.07) is 9.19. The number of hydrogen-bond acceptors (Lipinski definition) is 6. The highest BCUT2D eigenvalue weighted by Gasteiger charge is 2.51. The lowest BCUT2D eigenvalue weighted by molar-refractivity contribution is -0.196. The van der Waals surface area contributed by atoms with Crippen molar-refractivity contribution in [1.29, 1.82) is 0 Å². The molecule has 230 valence electrons. The van der Waals surface area contributed by atoms with Crippen molar-refractivity contribution in [3.05, 3.63) is 52.7 Å². The van der Waals surface area contributed by atoms with E-state index in [0.29, 0.717) is 36.1 Å². The van der Waals surface area contributed by atoms with Gasteiger partial charge in [-0.25, -0.2) is 4.98 Å². The molecule has 2 fully saturated rings. The predicted octanol–water partition coefficient (Wildman–Crippen LogP) is 5.13. The monoisotopic (exact) mass is 610 g/mol. The molecule has 0 spiro atoms. The van der Waals surface area contributed by atoms with Crippen molar-refractivity contribution in [3.63, 3.8) is 0 Å². The van der Waals surface area contributed by atoms with Gasteiger partial charge in [-0.3, -0.25) is 9.59 Å². The van der Waals surface area contributed by atoms with Crippen LogP contribution in [-0.4, -0.2) is 84.3 Å². The van der Waals surface area contributed by atoms with Crippen molar-refractivity contribution in [2.75, 3.05) is 45.2 Å². The fourth-order valence-corrected chi connectivity index (χ4v) is 5.94. The highest BCUT2D eigenvalue weighted by Crippen LogP contribution is 2.40. The Labute approximate surface area is 249 Å². The molecule has 2 aromatic rings. The Morgan fingerprint density at radius 3 is 2.36 bits per heavy atom. The lowest BCUT2D eigenvalue weighted by Gasteiger charge is -2.45. The number of pyridine rings is 1. The van der Waals surface area contributed by atoms with Crippen molar-refractivity contribution in [2.45, 2.75) is 57.4 Å². The van der Waals surface area contributed by atoms with Crippen molar-refractivity contribution >= 4 is 29.2 Å². The summed E-state index contributed by atoms with van der Waals surface area (Å²) in [5.74, 6) is 0.399. The maximum absolute atomic E-state index is 13.5. The lowest BCUT2D eigenvalue weighted by Crippen LogP contribution is -2.58. The van der Waals surface area contributed by atoms with E-state index in [1.807, 2.05) is 0 Å². The van der Waals surface area contributed by atoms with E-state index in [4.69, 9.17) is 16.3 Å².